The van der Waals surface area contributed by atoms with Crippen molar-refractivity contribution in [2.24, 2.45) is 0 Å². The van der Waals surface area contributed by atoms with Gasteiger partial charge in [-0.3, -0.25) is 4.98 Å². The monoisotopic (exact) mass is 392 g/mol. The Morgan fingerprint density at radius 1 is 0.808 bits per heavy atom. The van der Waals surface area contributed by atoms with Gasteiger partial charge in [0.1, 0.15) is 11.6 Å². The summed E-state index contributed by atoms with van der Waals surface area (Å²) in [7, 11) is 1.51. The van der Waals surface area contributed by atoms with E-state index in [9.17, 15) is 8.78 Å². The second kappa shape index (κ2) is 7.81. The first-order chi connectivity index (χ1) is 12.5. The maximum Gasteiger partial charge on any atom is 0.221 e. The molecule has 7 heteroatoms. The number of rotatable bonds is 1. The van der Waals surface area contributed by atoms with E-state index in [1.165, 1.54) is 25.4 Å². The summed E-state index contributed by atoms with van der Waals surface area (Å²) in [5.74, 6) is -0.382. The van der Waals surface area contributed by atoms with Crippen molar-refractivity contribution in [2.75, 3.05) is 7.11 Å². The molecule has 0 aliphatic rings. The van der Waals surface area contributed by atoms with E-state index >= 15 is 0 Å². The summed E-state index contributed by atoms with van der Waals surface area (Å²) < 4.78 is 31.0. The highest BCUT2D eigenvalue weighted by Crippen LogP contribution is 2.30. The van der Waals surface area contributed by atoms with Crippen LogP contribution in [0.25, 0.3) is 21.5 Å². The topological polar surface area (TPSA) is 35.0 Å². The molecule has 2 heterocycles. The van der Waals surface area contributed by atoms with E-state index in [-0.39, 0.29) is 10.0 Å². The van der Waals surface area contributed by atoms with Gasteiger partial charge in [-0.05, 0) is 36.4 Å². The zero-order chi connectivity index (χ0) is 18.7. The predicted molar refractivity (Wildman–Crippen MR) is 100.0 cm³/mol. The Balaban J connectivity index is 0.000000152. The summed E-state index contributed by atoms with van der Waals surface area (Å²) in [4.78, 5) is 7.90. The number of fused-ring (bicyclic) bond motifs is 2. The molecule has 0 aliphatic heterocycles. The predicted octanol–water partition coefficient (Wildman–Crippen LogP) is 6.06. The Morgan fingerprint density at radius 2 is 1.46 bits per heavy atom. The molecule has 0 radical (unpaired) electrons. The molecule has 0 saturated heterocycles. The molecule has 26 heavy (non-hydrogen) atoms. The Bertz CT molecular complexity index is 1090. The SMILES string of the molecule is COc1nccc2c(Cl)c(F)ccc12.Fc1ccc2cnccc2c1Cl. The lowest BCUT2D eigenvalue weighted by molar-refractivity contribution is 0.403. The van der Waals surface area contributed by atoms with Crippen molar-refractivity contribution in [1.82, 2.24) is 9.97 Å². The van der Waals surface area contributed by atoms with E-state index in [2.05, 4.69) is 9.97 Å². The molecule has 4 rings (SSSR count). The molecule has 0 aliphatic carbocycles. The van der Waals surface area contributed by atoms with Gasteiger partial charge in [0.25, 0.3) is 0 Å². The van der Waals surface area contributed by atoms with Crippen molar-refractivity contribution >= 4 is 44.7 Å². The van der Waals surface area contributed by atoms with E-state index in [1.54, 1.807) is 36.7 Å². The van der Waals surface area contributed by atoms with Gasteiger partial charge in [0.15, 0.2) is 0 Å². The molecule has 0 spiro atoms. The van der Waals surface area contributed by atoms with Crippen molar-refractivity contribution in [3.8, 4) is 5.88 Å². The second-order valence-electron chi connectivity index (χ2n) is 5.23. The minimum absolute atomic E-state index is 0.100. The van der Waals surface area contributed by atoms with Gasteiger partial charge in [-0.1, -0.05) is 23.2 Å². The van der Waals surface area contributed by atoms with Crippen LogP contribution in [0.4, 0.5) is 8.78 Å². The second-order valence-corrected chi connectivity index (χ2v) is 5.99. The van der Waals surface area contributed by atoms with Gasteiger partial charge < -0.3 is 4.74 Å². The smallest absolute Gasteiger partial charge is 0.221 e. The quantitative estimate of drug-likeness (QED) is 0.394. The number of ether oxygens (including phenoxy) is 1. The fraction of sp³-hybridized carbons (Fsp3) is 0.0526. The van der Waals surface area contributed by atoms with E-state index in [1.807, 2.05) is 0 Å². The lowest BCUT2D eigenvalue weighted by Gasteiger charge is -2.05. The molecule has 0 bridgehead atoms. The first-order valence-electron chi connectivity index (χ1n) is 7.47. The highest BCUT2D eigenvalue weighted by molar-refractivity contribution is 6.36. The lowest BCUT2D eigenvalue weighted by Crippen LogP contribution is -1.89. The van der Waals surface area contributed by atoms with Crippen molar-refractivity contribution in [2.45, 2.75) is 0 Å². The van der Waals surface area contributed by atoms with Crippen LogP contribution in [0, 0.1) is 11.6 Å². The van der Waals surface area contributed by atoms with Gasteiger partial charge in [0, 0.05) is 40.1 Å². The zero-order valence-corrected chi connectivity index (χ0v) is 15.0. The first kappa shape index (κ1) is 18.3. The number of halogens is 4. The van der Waals surface area contributed by atoms with Crippen LogP contribution in [0.15, 0.2) is 55.0 Å². The summed E-state index contributed by atoms with van der Waals surface area (Å²) in [5, 5.41) is 3.13. The molecule has 2 aromatic carbocycles. The number of benzene rings is 2. The fourth-order valence-electron chi connectivity index (χ4n) is 2.43. The van der Waals surface area contributed by atoms with E-state index in [4.69, 9.17) is 27.9 Å². The minimum atomic E-state index is -0.438. The summed E-state index contributed by atoms with van der Waals surface area (Å²) in [6.07, 6.45) is 4.78. The molecule has 3 nitrogen and oxygen atoms in total. The average molecular weight is 393 g/mol. The van der Waals surface area contributed by atoms with Gasteiger partial charge in [0.05, 0.1) is 17.2 Å². The van der Waals surface area contributed by atoms with E-state index < -0.39 is 11.6 Å². The van der Waals surface area contributed by atoms with Crippen molar-refractivity contribution in [1.29, 1.82) is 0 Å². The molecular weight excluding hydrogens is 381 g/mol. The summed E-state index contributed by atoms with van der Waals surface area (Å²) in [6.45, 7) is 0. The summed E-state index contributed by atoms with van der Waals surface area (Å²) in [5.41, 5.74) is 0. The molecule has 132 valence electrons. The number of pyridine rings is 2. The van der Waals surface area contributed by atoms with Gasteiger partial charge >= 0.3 is 0 Å². The number of aromatic nitrogens is 2. The third kappa shape index (κ3) is 3.54. The molecule has 0 fully saturated rings. The maximum atomic E-state index is 13.1. The summed E-state index contributed by atoms with van der Waals surface area (Å²) in [6, 6.07) is 9.25. The van der Waals surface area contributed by atoms with E-state index in [0.717, 1.165) is 5.39 Å². The third-order valence-electron chi connectivity index (χ3n) is 3.70. The Kier molecular flexibility index (Phi) is 5.49. The molecular formula is C19H12Cl2F2N2O. The van der Waals surface area contributed by atoms with Crippen molar-refractivity contribution in [3.05, 3.63) is 76.7 Å². The summed E-state index contributed by atoms with van der Waals surface area (Å²) >= 11 is 11.5. The first-order valence-corrected chi connectivity index (χ1v) is 8.23. The number of methoxy groups -OCH3 is 1. The Morgan fingerprint density at radius 3 is 2.19 bits per heavy atom. The lowest BCUT2D eigenvalue weighted by atomic mass is 10.1. The van der Waals surface area contributed by atoms with Crippen LogP contribution in [0.5, 0.6) is 5.88 Å². The van der Waals surface area contributed by atoms with Crippen LogP contribution in [0.1, 0.15) is 0 Å². The fourth-order valence-corrected chi connectivity index (χ4v) is 2.89. The van der Waals surface area contributed by atoms with E-state index in [0.29, 0.717) is 22.0 Å². The highest BCUT2D eigenvalue weighted by Gasteiger charge is 2.08. The van der Waals surface area contributed by atoms with Crippen LogP contribution in [0.2, 0.25) is 10.0 Å². The number of hydrogen-bond acceptors (Lipinski definition) is 3. The Labute approximate surface area is 158 Å². The Hall–Kier alpha value is -2.50. The van der Waals surface area contributed by atoms with Crippen LogP contribution in [-0.4, -0.2) is 17.1 Å². The van der Waals surface area contributed by atoms with Gasteiger partial charge in [-0.2, -0.15) is 0 Å². The van der Waals surface area contributed by atoms with Gasteiger partial charge in [-0.25, -0.2) is 13.8 Å². The van der Waals surface area contributed by atoms with Crippen LogP contribution in [-0.2, 0) is 0 Å². The molecule has 0 atom stereocenters. The third-order valence-corrected chi connectivity index (χ3v) is 4.46. The zero-order valence-electron chi connectivity index (χ0n) is 13.5. The number of hydrogen-bond donors (Lipinski definition) is 0. The maximum absolute atomic E-state index is 13.1. The molecule has 4 aromatic rings. The van der Waals surface area contributed by atoms with Gasteiger partial charge in [0.2, 0.25) is 5.88 Å². The largest absolute Gasteiger partial charge is 0.481 e. The molecule has 0 N–H and O–H groups in total. The molecule has 2 aromatic heterocycles. The number of nitrogens with zero attached hydrogens (tertiary/aromatic N) is 2. The van der Waals surface area contributed by atoms with Crippen molar-refractivity contribution < 1.29 is 13.5 Å². The normalized spacial score (nSPS) is 10.5. The van der Waals surface area contributed by atoms with Crippen LogP contribution in [0.3, 0.4) is 0 Å². The van der Waals surface area contributed by atoms with Crippen molar-refractivity contribution in [3.63, 3.8) is 0 Å². The standard InChI is InChI=1S/C10H7ClFNO.C9H5ClFN/c1-14-10-7-2-3-8(12)9(11)6(7)4-5-13-10;10-9-7-3-4-12-5-6(7)1-2-8(9)11/h2-5H,1H3;1-5H. The molecule has 0 amide bonds. The average Bonchev–Trinajstić information content (AvgIpc) is 2.68. The minimum Gasteiger partial charge on any atom is -0.481 e. The molecule has 0 unspecified atom stereocenters. The van der Waals surface area contributed by atoms with Gasteiger partial charge in [-0.15, -0.1) is 0 Å². The van der Waals surface area contributed by atoms with Crippen LogP contribution >= 0.6 is 23.2 Å². The highest BCUT2D eigenvalue weighted by atomic mass is 35.5. The molecule has 0 saturated carbocycles. The van der Waals surface area contributed by atoms with Crippen LogP contribution < -0.4 is 4.74 Å².